The van der Waals surface area contributed by atoms with Crippen LogP contribution in [0, 0.1) is 23.0 Å². The summed E-state index contributed by atoms with van der Waals surface area (Å²) >= 11 is 1.22. The monoisotopic (exact) mass is 311 g/mol. The molecule has 0 saturated carbocycles. The number of benzene rings is 1. The Morgan fingerprint density at radius 3 is 2.68 bits per heavy atom. The highest BCUT2D eigenvalue weighted by atomic mass is 32.2. The van der Waals surface area contributed by atoms with Crippen molar-refractivity contribution >= 4 is 17.5 Å². The lowest BCUT2D eigenvalue weighted by atomic mass is 9.75. The Hall–Kier alpha value is -2.06. The number of rotatable bonds is 2. The minimum absolute atomic E-state index is 0.0772. The molecule has 0 spiro atoms. The zero-order valence-electron chi connectivity index (χ0n) is 12.8. The van der Waals surface area contributed by atoms with Crippen LogP contribution in [0.3, 0.4) is 0 Å². The Kier molecular flexibility index (Phi) is 3.57. The second kappa shape index (κ2) is 5.29. The number of ketones is 1. The van der Waals surface area contributed by atoms with E-state index in [1.165, 1.54) is 11.8 Å². The third-order valence-corrected chi connectivity index (χ3v) is 5.32. The summed E-state index contributed by atoms with van der Waals surface area (Å²) in [5.41, 5.74) is 2.93. The highest BCUT2D eigenvalue weighted by molar-refractivity contribution is 8.04. The maximum Gasteiger partial charge on any atom is 0.167 e. The lowest BCUT2D eigenvalue weighted by Crippen LogP contribution is -2.31. The van der Waals surface area contributed by atoms with Gasteiger partial charge in [-0.25, -0.2) is 4.68 Å². The van der Waals surface area contributed by atoms with E-state index < -0.39 is 0 Å². The first-order chi connectivity index (χ1) is 10.5. The number of aryl methyl sites for hydroxylation is 1. The van der Waals surface area contributed by atoms with Crippen molar-refractivity contribution in [2.24, 2.45) is 5.41 Å². The Balaban J connectivity index is 2.27. The van der Waals surface area contributed by atoms with Gasteiger partial charge in [0.2, 0.25) is 0 Å². The van der Waals surface area contributed by atoms with Crippen molar-refractivity contribution in [3.8, 4) is 11.1 Å². The fraction of sp³-hybridized carbons (Fsp3) is 0.353. The molecule has 0 fully saturated rings. The van der Waals surface area contributed by atoms with Gasteiger partial charge in [0, 0.05) is 6.42 Å². The zero-order valence-corrected chi connectivity index (χ0v) is 13.6. The normalized spacial score (nSPS) is 19.5. The van der Waals surface area contributed by atoms with Crippen LogP contribution in [0.4, 0.5) is 0 Å². The standard InChI is InChI=1S/C17H17N3OS/c1-11-14-13(21)9-17(2,3)16(22-10-18)15(14)20(19-11)12-7-5-4-6-8-12/h4-8,16H,9H2,1-3H3/t16-/m0/s1. The van der Waals surface area contributed by atoms with Gasteiger partial charge < -0.3 is 0 Å². The molecule has 1 atom stereocenters. The summed E-state index contributed by atoms with van der Waals surface area (Å²) < 4.78 is 1.83. The third-order valence-electron chi connectivity index (χ3n) is 4.12. The summed E-state index contributed by atoms with van der Waals surface area (Å²) in [6, 6.07) is 9.77. The van der Waals surface area contributed by atoms with E-state index in [0.29, 0.717) is 12.0 Å². The lowest BCUT2D eigenvalue weighted by Gasteiger charge is -2.36. The number of carbonyl (C=O) groups is 1. The topological polar surface area (TPSA) is 58.7 Å². The molecule has 1 aliphatic carbocycles. The number of nitrogens with zero attached hydrogens (tertiary/aromatic N) is 3. The Labute approximate surface area is 134 Å². The fourth-order valence-corrected chi connectivity index (χ4v) is 3.97. The quantitative estimate of drug-likeness (QED) is 0.785. The number of carbonyl (C=O) groups excluding carboxylic acids is 1. The molecule has 112 valence electrons. The molecule has 5 heteroatoms. The fourth-order valence-electron chi connectivity index (χ4n) is 3.13. The van der Waals surface area contributed by atoms with E-state index in [2.05, 4.69) is 10.5 Å². The molecule has 0 saturated heterocycles. The van der Waals surface area contributed by atoms with Gasteiger partial charge >= 0.3 is 0 Å². The van der Waals surface area contributed by atoms with E-state index in [1.807, 2.05) is 55.8 Å². The summed E-state index contributed by atoms with van der Waals surface area (Å²) in [7, 11) is 0. The van der Waals surface area contributed by atoms with Gasteiger partial charge in [-0.15, -0.1) is 0 Å². The van der Waals surface area contributed by atoms with Gasteiger partial charge in [0.1, 0.15) is 5.40 Å². The van der Waals surface area contributed by atoms with Gasteiger partial charge in [0.25, 0.3) is 0 Å². The Bertz CT molecular complexity index is 771. The zero-order chi connectivity index (χ0) is 15.9. The van der Waals surface area contributed by atoms with Crippen molar-refractivity contribution in [1.29, 1.82) is 5.26 Å². The first-order valence-corrected chi connectivity index (χ1v) is 8.06. The van der Waals surface area contributed by atoms with Crippen molar-refractivity contribution in [3.05, 3.63) is 47.3 Å². The van der Waals surface area contributed by atoms with Crippen LogP contribution in [0.1, 0.15) is 47.3 Å². The van der Waals surface area contributed by atoms with E-state index in [0.717, 1.165) is 17.1 Å². The van der Waals surface area contributed by atoms with E-state index in [1.54, 1.807) is 0 Å². The predicted octanol–water partition coefficient (Wildman–Crippen LogP) is 4.05. The van der Waals surface area contributed by atoms with Crippen molar-refractivity contribution in [2.75, 3.05) is 0 Å². The Morgan fingerprint density at radius 2 is 2.05 bits per heavy atom. The molecule has 4 nitrogen and oxygen atoms in total. The molecule has 0 amide bonds. The van der Waals surface area contributed by atoms with Crippen LogP contribution in [0.2, 0.25) is 0 Å². The second-order valence-corrected chi connectivity index (χ2v) is 7.16. The van der Waals surface area contributed by atoms with Crippen molar-refractivity contribution in [2.45, 2.75) is 32.4 Å². The van der Waals surface area contributed by atoms with Gasteiger partial charge in [-0.2, -0.15) is 10.4 Å². The summed E-state index contributed by atoms with van der Waals surface area (Å²) in [5.74, 6) is 0.120. The molecule has 0 N–H and O–H groups in total. The molecule has 0 unspecified atom stereocenters. The molecule has 22 heavy (non-hydrogen) atoms. The van der Waals surface area contributed by atoms with Crippen LogP contribution in [-0.2, 0) is 0 Å². The number of hydrogen-bond acceptors (Lipinski definition) is 4. The first-order valence-electron chi connectivity index (χ1n) is 7.18. The van der Waals surface area contributed by atoms with Crippen LogP contribution in [0.25, 0.3) is 5.69 Å². The molecule has 1 heterocycles. The first kappa shape index (κ1) is 14.9. The average Bonchev–Trinajstić information content (AvgIpc) is 2.81. The largest absolute Gasteiger partial charge is 0.294 e. The summed E-state index contributed by atoms with van der Waals surface area (Å²) in [5, 5.41) is 15.9. The van der Waals surface area contributed by atoms with Gasteiger partial charge in [0.05, 0.1) is 27.9 Å². The van der Waals surface area contributed by atoms with Crippen LogP contribution in [0.5, 0.6) is 0 Å². The average molecular weight is 311 g/mol. The predicted molar refractivity (Wildman–Crippen MR) is 87.0 cm³/mol. The number of thioether (sulfide) groups is 1. The van der Waals surface area contributed by atoms with E-state index in [9.17, 15) is 10.1 Å². The summed E-state index contributed by atoms with van der Waals surface area (Å²) in [6.07, 6.45) is 0.445. The van der Waals surface area contributed by atoms with E-state index in [-0.39, 0.29) is 16.4 Å². The number of hydrogen-bond donors (Lipinski definition) is 0. The molecule has 1 aromatic heterocycles. The smallest absolute Gasteiger partial charge is 0.167 e. The molecule has 2 aromatic rings. The number of aromatic nitrogens is 2. The minimum atomic E-state index is -0.274. The van der Waals surface area contributed by atoms with Gasteiger partial charge in [-0.3, -0.25) is 4.79 Å². The highest BCUT2D eigenvalue weighted by Crippen LogP contribution is 2.51. The SMILES string of the molecule is Cc1nn(-c2ccccc2)c2c1C(=O)CC(C)(C)[C@H]2SC#N. The van der Waals surface area contributed by atoms with E-state index >= 15 is 0 Å². The van der Waals surface area contributed by atoms with Gasteiger partial charge in [0.15, 0.2) is 5.78 Å². The lowest BCUT2D eigenvalue weighted by molar-refractivity contribution is 0.0908. The molecular weight excluding hydrogens is 294 g/mol. The number of thiocyanates is 1. The van der Waals surface area contributed by atoms with Crippen molar-refractivity contribution in [3.63, 3.8) is 0 Å². The van der Waals surface area contributed by atoms with Crippen LogP contribution in [-0.4, -0.2) is 15.6 Å². The molecule has 0 radical (unpaired) electrons. The van der Waals surface area contributed by atoms with Crippen LogP contribution in [0.15, 0.2) is 30.3 Å². The maximum atomic E-state index is 12.6. The highest BCUT2D eigenvalue weighted by Gasteiger charge is 2.44. The minimum Gasteiger partial charge on any atom is -0.294 e. The molecule has 0 bridgehead atoms. The molecular formula is C17H17N3OS. The maximum absolute atomic E-state index is 12.6. The van der Waals surface area contributed by atoms with Crippen LogP contribution >= 0.6 is 11.8 Å². The van der Waals surface area contributed by atoms with E-state index in [4.69, 9.17) is 0 Å². The molecule has 1 aliphatic rings. The summed E-state index contributed by atoms with van der Waals surface area (Å²) in [4.78, 5) is 12.6. The van der Waals surface area contributed by atoms with Gasteiger partial charge in [-0.1, -0.05) is 32.0 Å². The molecule has 0 aliphatic heterocycles. The van der Waals surface area contributed by atoms with Gasteiger partial charge in [-0.05, 0) is 36.2 Å². The molecule has 3 rings (SSSR count). The third kappa shape index (κ3) is 2.24. The Morgan fingerprint density at radius 1 is 1.36 bits per heavy atom. The second-order valence-electron chi connectivity index (χ2n) is 6.27. The number of fused-ring (bicyclic) bond motifs is 1. The summed E-state index contributed by atoms with van der Waals surface area (Å²) in [6.45, 7) is 5.95. The number of para-hydroxylation sites is 1. The van der Waals surface area contributed by atoms with Crippen molar-refractivity contribution < 1.29 is 4.79 Å². The number of Topliss-reactive ketones (excluding diaryl/α,β-unsaturated/α-hetero) is 1. The van der Waals surface area contributed by atoms with Crippen molar-refractivity contribution in [1.82, 2.24) is 9.78 Å². The number of nitriles is 1. The molecule has 1 aromatic carbocycles. The van der Waals surface area contributed by atoms with Crippen LogP contribution < -0.4 is 0 Å².